The summed E-state index contributed by atoms with van der Waals surface area (Å²) < 4.78 is 43.8. The number of carbonyl (C=O) groups is 1. The second-order valence-electron chi connectivity index (χ2n) is 6.99. The van der Waals surface area contributed by atoms with Crippen LogP contribution < -0.4 is 23.8 Å². The zero-order valence-electron chi connectivity index (χ0n) is 18.6. The van der Waals surface area contributed by atoms with Gasteiger partial charge in [0, 0.05) is 12.6 Å². The first-order valence-corrected chi connectivity index (χ1v) is 11.5. The van der Waals surface area contributed by atoms with Gasteiger partial charge in [0.05, 0.1) is 31.9 Å². The molecule has 0 aliphatic rings. The minimum atomic E-state index is -4.11. The van der Waals surface area contributed by atoms with Crippen molar-refractivity contribution in [3.8, 4) is 17.2 Å². The molecule has 1 N–H and O–H groups in total. The third-order valence-electron chi connectivity index (χ3n) is 4.92. The predicted octanol–water partition coefficient (Wildman–Crippen LogP) is 3.22. The third-order valence-corrected chi connectivity index (χ3v) is 6.69. The molecule has 0 unspecified atom stereocenters. The highest BCUT2D eigenvalue weighted by Crippen LogP contribution is 2.32. The summed E-state index contributed by atoms with van der Waals surface area (Å²) in [4.78, 5) is 12.7. The van der Waals surface area contributed by atoms with E-state index >= 15 is 0 Å². The minimum absolute atomic E-state index is 0.0353. The average Bonchev–Trinajstić information content (AvgIpc) is 2.86. The molecular formula is C24H26N2O6S. The molecule has 0 aliphatic heterocycles. The van der Waals surface area contributed by atoms with Crippen LogP contribution in [0, 0.1) is 0 Å². The monoisotopic (exact) mass is 470 g/mol. The first-order chi connectivity index (χ1) is 15.9. The zero-order valence-corrected chi connectivity index (χ0v) is 19.5. The van der Waals surface area contributed by atoms with Gasteiger partial charge in [0.2, 0.25) is 5.91 Å². The van der Waals surface area contributed by atoms with E-state index in [0.717, 1.165) is 9.87 Å². The number of nitrogens with zero attached hydrogens (tertiary/aromatic N) is 1. The van der Waals surface area contributed by atoms with E-state index in [9.17, 15) is 13.2 Å². The molecule has 0 aromatic heterocycles. The molecule has 0 saturated heterocycles. The maximum absolute atomic E-state index is 13.6. The molecule has 0 spiro atoms. The van der Waals surface area contributed by atoms with E-state index in [4.69, 9.17) is 14.2 Å². The molecule has 8 nitrogen and oxygen atoms in total. The Bertz CT molecular complexity index is 1180. The highest BCUT2D eigenvalue weighted by molar-refractivity contribution is 7.92. The van der Waals surface area contributed by atoms with Gasteiger partial charge in [0.25, 0.3) is 10.0 Å². The molecule has 3 aromatic carbocycles. The molecule has 9 heteroatoms. The Morgan fingerprint density at radius 3 is 2.12 bits per heavy atom. The Morgan fingerprint density at radius 1 is 0.848 bits per heavy atom. The van der Waals surface area contributed by atoms with Crippen molar-refractivity contribution in [1.29, 1.82) is 0 Å². The van der Waals surface area contributed by atoms with Crippen molar-refractivity contribution in [2.75, 3.05) is 32.2 Å². The van der Waals surface area contributed by atoms with Gasteiger partial charge >= 0.3 is 0 Å². The second kappa shape index (κ2) is 10.7. The quantitative estimate of drug-likeness (QED) is 0.489. The summed E-state index contributed by atoms with van der Waals surface area (Å²) in [5.41, 5.74) is 1.23. The van der Waals surface area contributed by atoms with Crippen LogP contribution in [0.3, 0.4) is 0 Å². The molecule has 3 aromatic rings. The standard InChI is InChI=1S/C24H26N2O6S/c1-30-20-11-9-19(10-12-20)26(17-24(27)25-16-18-7-5-4-6-8-18)33(28,29)21-13-14-22(31-2)23(15-21)32-3/h4-15H,16-17H2,1-3H3,(H,25,27). The van der Waals surface area contributed by atoms with Gasteiger partial charge in [-0.3, -0.25) is 9.10 Å². The summed E-state index contributed by atoms with van der Waals surface area (Å²) in [6.07, 6.45) is 0. The summed E-state index contributed by atoms with van der Waals surface area (Å²) in [6.45, 7) is -0.123. The molecule has 1 amide bonds. The molecule has 0 fully saturated rings. The van der Waals surface area contributed by atoms with Crippen LogP contribution >= 0.6 is 0 Å². The van der Waals surface area contributed by atoms with Gasteiger partial charge in [0.1, 0.15) is 12.3 Å². The number of nitrogens with one attached hydrogen (secondary N) is 1. The molecule has 0 radical (unpaired) electrons. The van der Waals surface area contributed by atoms with Crippen molar-refractivity contribution < 1.29 is 27.4 Å². The Balaban J connectivity index is 1.92. The van der Waals surface area contributed by atoms with E-state index in [1.807, 2.05) is 30.3 Å². The molecule has 0 bridgehead atoms. The first kappa shape index (κ1) is 23.9. The number of rotatable bonds is 10. The number of methoxy groups -OCH3 is 3. The number of carbonyl (C=O) groups excluding carboxylic acids is 1. The maximum atomic E-state index is 13.6. The second-order valence-corrected chi connectivity index (χ2v) is 8.85. The Kier molecular flexibility index (Phi) is 7.78. The van der Waals surface area contributed by atoms with Gasteiger partial charge in [-0.15, -0.1) is 0 Å². The predicted molar refractivity (Wildman–Crippen MR) is 125 cm³/mol. The summed E-state index contributed by atoms with van der Waals surface area (Å²) in [7, 11) is 0.293. The number of hydrogen-bond donors (Lipinski definition) is 1. The van der Waals surface area contributed by atoms with Gasteiger partial charge in [-0.2, -0.15) is 0 Å². The van der Waals surface area contributed by atoms with Crippen molar-refractivity contribution in [3.63, 3.8) is 0 Å². The van der Waals surface area contributed by atoms with E-state index in [1.165, 1.54) is 39.5 Å². The molecule has 0 saturated carbocycles. The zero-order chi connectivity index (χ0) is 23.8. The van der Waals surface area contributed by atoms with Crippen LogP contribution in [0.1, 0.15) is 5.56 Å². The molecule has 0 atom stereocenters. The average molecular weight is 471 g/mol. The number of hydrogen-bond acceptors (Lipinski definition) is 6. The molecule has 33 heavy (non-hydrogen) atoms. The number of ether oxygens (including phenoxy) is 3. The summed E-state index contributed by atoms with van der Waals surface area (Å²) in [5.74, 6) is 0.782. The molecule has 3 rings (SSSR count). The molecule has 174 valence electrons. The largest absolute Gasteiger partial charge is 0.497 e. The van der Waals surface area contributed by atoms with E-state index < -0.39 is 22.5 Å². The minimum Gasteiger partial charge on any atom is -0.497 e. The van der Waals surface area contributed by atoms with Crippen LogP contribution in [0.2, 0.25) is 0 Å². The molecular weight excluding hydrogens is 444 g/mol. The third kappa shape index (κ3) is 5.75. The number of sulfonamides is 1. The van der Waals surface area contributed by atoms with Crippen LogP contribution in [0.5, 0.6) is 17.2 Å². The number of anilines is 1. The van der Waals surface area contributed by atoms with Gasteiger partial charge in [-0.05, 0) is 42.0 Å². The van der Waals surface area contributed by atoms with Crippen LogP contribution in [0.25, 0.3) is 0 Å². The van der Waals surface area contributed by atoms with Crippen molar-refractivity contribution in [1.82, 2.24) is 5.32 Å². The van der Waals surface area contributed by atoms with E-state index in [0.29, 0.717) is 17.2 Å². The maximum Gasteiger partial charge on any atom is 0.264 e. The smallest absolute Gasteiger partial charge is 0.264 e. The van der Waals surface area contributed by atoms with Crippen molar-refractivity contribution >= 4 is 21.6 Å². The fraction of sp³-hybridized carbons (Fsp3) is 0.208. The lowest BCUT2D eigenvalue weighted by atomic mass is 10.2. The van der Waals surface area contributed by atoms with Crippen LogP contribution in [-0.2, 0) is 21.4 Å². The van der Waals surface area contributed by atoms with Crippen molar-refractivity contribution in [2.45, 2.75) is 11.4 Å². The highest BCUT2D eigenvalue weighted by Gasteiger charge is 2.28. The first-order valence-electron chi connectivity index (χ1n) is 10.1. The Hall–Kier alpha value is -3.72. The number of benzene rings is 3. The van der Waals surface area contributed by atoms with Crippen molar-refractivity contribution in [2.24, 2.45) is 0 Å². The summed E-state index contributed by atoms with van der Waals surface area (Å²) in [5, 5.41) is 2.77. The van der Waals surface area contributed by atoms with Gasteiger partial charge in [0.15, 0.2) is 11.5 Å². The van der Waals surface area contributed by atoms with Crippen LogP contribution in [0.15, 0.2) is 77.7 Å². The lowest BCUT2D eigenvalue weighted by Gasteiger charge is -2.24. The fourth-order valence-corrected chi connectivity index (χ4v) is 4.59. The number of amides is 1. The normalized spacial score (nSPS) is 10.9. The fourth-order valence-electron chi connectivity index (χ4n) is 3.15. The summed E-state index contributed by atoms with van der Waals surface area (Å²) >= 11 is 0. The molecule has 0 heterocycles. The lowest BCUT2D eigenvalue weighted by molar-refractivity contribution is -0.119. The van der Waals surface area contributed by atoms with E-state index in [-0.39, 0.29) is 17.2 Å². The lowest BCUT2D eigenvalue weighted by Crippen LogP contribution is -2.40. The van der Waals surface area contributed by atoms with Gasteiger partial charge in [-0.25, -0.2) is 8.42 Å². The van der Waals surface area contributed by atoms with Gasteiger partial charge < -0.3 is 19.5 Å². The van der Waals surface area contributed by atoms with Crippen LogP contribution in [0.4, 0.5) is 5.69 Å². The molecule has 0 aliphatic carbocycles. The Labute approximate surface area is 193 Å². The van der Waals surface area contributed by atoms with Crippen LogP contribution in [-0.4, -0.2) is 42.2 Å². The SMILES string of the molecule is COc1ccc(N(CC(=O)NCc2ccccc2)S(=O)(=O)c2ccc(OC)c(OC)c2)cc1. The van der Waals surface area contributed by atoms with Crippen molar-refractivity contribution in [3.05, 3.63) is 78.4 Å². The summed E-state index contributed by atoms with van der Waals surface area (Å²) in [6, 6.07) is 20.1. The topological polar surface area (TPSA) is 94.2 Å². The highest BCUT2D eigenvalue weighted by atomic mass is 32.2. The van der Waals surface area contributed by atoms with E-state index in [1.54, 1.807) is 24.3 Å². The van der Waals surface area contributed by atoms with Gasteiger partial charge in [-0.1, -0.05) is 30.3 Å². The Morgan fingerprint density at radius 2 is 1.52 bits per heavy atom. The van der Waals surface area contributed by atoms with E-state index in [2.05, 4.69) is 5.32 Å².